The van der Waals surface area contributed by atoms with Crippen molar-refractivity contribution in [3.63, 3.8) is 0 Å². The first-order chi connectivity index (χ1) is 16.8. The Morgan fingerprint density at radius 3 is 2.11 bits per heavy atom. The van der Waals surface area contributed by atoms with Gasteiger partial charge in [0.05, 0.1) is 0 Å². The molecule has 0 heterocycles. The summed E-state index contributed by atoms with van der Waals surface area (Å²) in [5, 5.41) is 14.7. The average Bonchev–Trinajstić information content (AvgIpc) is 3.16. The standard InChI is InChI=1S/C28H34N2O5/c1-28(2,26(32)33)30-25(31)24(16-18-10-4-3-5-11-18)29-27(34)35-17-23-21-14-8-6-12-19(21)20-13-7-9-15-22(20)23/h6-9,12-15,18,23-24H,3-5,10-11,16-17H2,1-2H3,(H,29,34)(H,30,31)(H,32,33). The molecule has 0 spiro atoms. The van der Waals surface area contributed by atoms with Crippen LogP contribution in [0.1, 0.15) is 69.4 Å². The van der Waals surface area contributed by atoms with E-state index < -0.39 is 29.6 Å². The number of aliphatic carboxylic acids is 1. The molecule has 4 rings (SSSR count). The van der Waals surface area contributed by atoms with Crippen molar-refractivity contribution in [1.29, 1.82) is 0 Å². The molecule has 3 N–H and O–H groups in total. The lowest BCUT2D eigenvalue weighted by molar-refractivity contribution is -0.146. The predicted octanol–water partition coefficient (Wildman–Crippen LogP) is 4.84. The topological polar surface area (TPSA) is 105 Å². The van der Waals surface area contributed by atoms with Crippen molar-refractivity contribution in [2.45, 2.75) is 69.9 Å². The van der Waals surface area contributed by atoms with E-state index >= 15 is 0 Å². The fourth-order valence-corrected chi connectivity index (χ4v) is 5.22. The highest BCUT2D eigenvalue weighted by Gasteiger charge is 2.35. The molecule has 0 radical (unpaired) electrons. The third-order valence-electron chi connectivity index (χ3n) is 7.22. The zero-order valence-corrected chi connectivity index (χ0v) is 20.4. The third-order valence-corrected chi connectivity index (χ3v) is 7.22. The second kappa shape index (κ2) is 10.5. The molecule has 1 unspecified atom stereocenters. The highest BCUT2D eigenvalue weighted by Crippen LogP contribution is 2.44. The molecule has 186 valence electrons. The molecular formula is C28H34N2O5. The van der Waals surface area contributed by atoms with E-state index in [2.05, 4.69) is 34.9 Å². The average molecular weight is 479 g/mol. The molecule has 1 atom stereocenters. The number of rotatable bonds is 8. The number of amides is 2. The zero-order valence-electron chi connectivity index (χ0n) is 20.4. The molecule has 2 amide bonds. The van der Waals surface area contributed by atoms with Gasteiger partial charge in [-0.15, -0.1) is 0 Å². The minimum Gasteiger partial charge on any atom is -0.480 e. The Morgan fingerprint density at radius 2 is 1.54 bits per heavy atom. The first-order valence-corrected chi connectivity index (χ1v) is 12.4. The van der Waals surface area contributed by atoms with Crippen LogP contribution in [-0.2, 0) is 14.3 Å². The largest absolute Gasteiger partial charge is 0.480 e. The summed E-state index contributed by atoms with van der Waals surface area (Å²) < 4.78 is 5.64. The van der Waals surface area contributed by atoms with E-state index in [1.54, 1.807) is 0 Å². The third kappa shape index (κ3) is 5.66. The molecule has 1 saturated carbocycles. The molecular weight excluding hydrogens is 444 g/mol. The van der Waals surface area contributed by atoms with Gasteiger partial charge >= 0.3 is 12.1 Å². The van der Waals surface area contributed by atoms with Crippen LogP contribution >= 0.6 is 0 Å². The number of carboxylic acid groups (broad SMARTS) is 1. The number of nitrogens with one attached hydrogen (secondary N) is 2. The van der Waals surface area contributed by atoms with Crippen molar-refractivity contribution in [3.8, 4) is 11.1 Å². The summed E-state index contributed by atoms with van der Waals surface area (Å²) in [6, 6.07) is 15.3. The lowest BCUT2D eigenvalue weighted by Gasteiger charge is -2.29. The maximum Gasteiger partial charge on any atom is 0.407 e. The van der Waals surface area contributed by atoms with Crippen molar-refractivity contribution in [1.82, 2.24) is 10.6 Å². The van der Waals surface area contributed by atoms with E-state index in [0.717, 1.165) is 47.9 Å². The van der Waals surface area contributed by atoms with Crippen molar-refractivity contribution in [2.24, 2.45) is 5.92 Å². The molecule has 0 aliphatic heterocycles. The van der Waals surface area contributed by atoms with Crippen molar-refractivity contribution in [2.75, 3.05) is 6.61 Å². The SMILES string of the molecule is CC(C)(NC(=O)C(CC1CCCCC1)NC(=O)OCC1c2ccccc2-c2ccccc21)C(=O)O. The number of hydrogen-bond donors (Lipinski definition) is 3. The number of alkyl carbamates (subject to hydrolysis) is 1. The number of ether oxygens (including phenoxy) is 1. The van der Waals surface area contributed by atoms with Gasteiger partial charge in [0.15, 0.2) is 0 Å². The Balaban J connectivity index is 1.44. The fraction of sp³-hybridized carbons (Fsp3) is 0.464. The van der Waals surface area contributed by atoms with Crippen LogP contribution in [0.4, 0.5) is 4.79 Å². The Kier molecular flexibility index (Phi) is 7.43. The van der Waals surface area contributed by atoms with E-state index in [-0.39, 0.29) is 12.5 Å². The van der Waals surface area contributed by atoms with Gasteiger partial charge in [-0.05, 0) is 48.4 Å². The molecule has 35 heavy (non-hydrogen) atoms. The van der Waals surface area contributed by atoms with Crippen LogP contribution in [-0.4, -0.2) is 41.3 Å². The van der Waals surface area contributed by atoms with Gasteiger partial charge in [-0.2, -0.15) is 0 Å². The number of hydrogen-bond acceptors (Lipinski definition) is 4. The van der Waals surface area contributed by atoms with Crippen LogP contribution in [0.2, 0.25) is 0 Å². The van der Waals surface area contributed by atoms with Crippen LogP contribution < -0.4 is 10.6 Å². The van der Waals surface area contributed by atoms with Gasteiger partial charge in [-0.1, -0.05) is 80.6 Å². The number of carboxylic acids is 1. The first kappa shape index (κ1) is 24.8. The van der Waals surface area contributed by atoms with Crippen molar-refractivity contribution in [3.05, 3.63) is 59.7 Å². The number of carbonyl (C=O) groups is 3. The summed E-state index contributed by atoms with van der Waals surface area (Å²) in [6.45, 7) is 3.01. The highest BCUT2D eigenvalue weighted by atomic mass is 16.5. The maximum absolute atomic E-state index is 13.0. The minimum absolute atomic E-state index is 0.0790. The van der Waals surface area contributed by atoms with Crippen LogP contribution in [0.15, 0.2) is 48.5 Å². The molecule has 0 bridgehead atoms. The second-order valence-electron chi connectivity index (χ2n) is 10.2. The highest BCUT2D eigenvalue weighted by molar-refractivity contribution is 5.91. The van der Waals surface area contributed by atoms with E-state index in [1.165, 1.54) is 20.3 Å². The van der Waals surface area contributed by atoms with Gasteiger partial charge in [-0.3, -0.25) is 4.79 Å². The molecule has 7 nitrogen and oxygen atoms in total. The van der Waals surface area contributed by atoms with Gasteiger partial charge in [-0.25, -0.2) is 9.59 Å². The van der Waals surface area contributed by atoms with Gasteiger partial charge in [0.1, 0.15) is 18.2 Å². The van der Waals surface area contributed by atoms with E-state index in [4.69, 9.17) is 4.74 Å². The molecule has 0 aromatic heterocycles. The lowest BCUT2D eigenvalue weighted by Crippen LogP contribution is -2.56. The predicted molar refractivity (Wildman–Crippen MR) is 133 cm³/mol. The fourth-order valence-electron chi connectivity index (χ4n) is 5.22. The Morgan fingerprint density at radius 1 is 0.971 bits per heavy atom. The van der Waals surface area contributed by atoms with Crippen LogP contribution in [0.25, 0.3) is 11.1 Å². The number of fused-ring (bicyclic) bond motifs is 3. The van der Waals surface area contributed by atoms with Crippen LogP contribution in [0, 0.1) is 5.92 Å². The molecule has 1 fully saturated rings. The van der Waals surface area contributed by atoms with Gasteiger partial charge in [0, 0.05) is 5.92 Å². The molecule has 2 aliphatic rings. The summed E-state index contributed by atoms with van der Waals surface area (Å²) in [5.74, 6) is -1.41. The minimum atomic E-state index is -1.44. The Labute approximate surface area is 206 Å². The molecule has 7 heteroatoms. The molecule has 2 aromatic carbocycles. The monoisotopic (exact) mass is 478 g/mol. The molecule has 2 aromatic rings. The summed E-state index contributed by atoms with van der Waals surface area (Å²) in [6.07, 6.45) is 5.17. The van der Waals surface area contributed by atoms with Crippen LogP contribution in [0.5, 0.6) is 0 Å². The van der Waals surface area contributed by atoms with E-state index in [1.807, 2.05) is 24.3 Å². The summed E-state index contributed by atoms with van der Waals surface area (Å²) >= 11 is 0. The molecule has 2 aliphatic carbocycles. The van der Waals surface area contributed by atoms with Gasteiger partial charge in [0.25, 0.3) is 0 Å². The van der Waals surface area contributed by atoms with E-state index in [0.29, 0.717) is 12.3 Å². The van der Waals surface area contributed by atoms with E-state index in [9.17, 15) is 19.5 Å². The molecule has 0 saturated heterocycles. The summed E-state index contributed by atoms with van der Waals surface area (Å²) in [7, 11) is 0. The Hall–Kier alpha value is -3.35. The van der Waals surface area contributed by atoms with Crippen molar-refractivity contribution < 1.29 is 24.2 Å². The zero-order chi connectivity index (χ0) is 25.0. The summed E-state index contributed by atoms with van der Waals surface area (Å²) in [4.78, 5) is 37.4. The van der Waals surface area contributed by atoms with Gasteiger partial charge in [0.2, 0.25) is 5.91 Å². The van der Waals surface area contributed by atoms with Gasteiger partial charge < -0.3 is 20.5 Å². The Bertz CT molecular complexity index is 1040. The second-order valence-corrected chi connectivity index (χ2v) is 10.2. The maximum atomic E-state index is 13.0. The number of benzene rings is 2. The van der Waals surface area contributed by atoms with Crippen LogP contribution in [0.3, 0.4) is 0 Å². The lowest BCUT2D eigenvalue weighted by atomic mass is 9.84. The van der Waals surface area contributed by atoms with Crippen molar-refractivity contribution >= 4 is 18.0 Å². The quantitative estimate of drug-likeness (QED) is 0.503. The normalized spacial score (nSPS) is 16.6. The smallest absolute Gasteiger partial charge is 0.407 e. The summed E-state index contributed by atoms with van der Waals surface area (Å²) in [5.41, 5.74) is 3.07. The first-order valence-electron chi connectivity index (χ1n) is 12.4. The number of carbonyl (C=O) groups excluding carboxylic acids is 2.